The number of amides is 1. The highest BCUT2D eigenvalue weighted by Gasteiger charge is 2.26. The monoisotopic (exact) mass is 230 g/mol. The quantitative estimate of drug-likeness (QED) is 0.670. The number of carbonyl (C=O) groups is 2. The van der Waals surface area contributed by atoms with Gasteiger partial charge in [0.1, 0.15) is 0 Å². The second-order valence-electron chi connectivity index (χ2n) is 4.36. The van der Waals surface area contributed by atoms with Gasteiger partial charge in [-0.05, 0) is 27.7 Å². The number of nitrogens with zero attached hydrogens (tertiary/aromatic N) is 1. The maximum absolute atomic E-state index is 11.6. The maximum Gasteiger partial charge on any atom is 0.310 e. The van der Waals surface area contributed by atoms with Crippen molar-refractivity contribution in [3.8, 4) is 0 Å². The Morgan fingerprint density at radius 3 is 2.12 bits per heavy atom. The molecule has 94 valence electrons. The van der Waals surface area contributed by atoms with Crippen molar-refractivity contribution in [3.63, 3.8) is 0 Å². The number of nitrogens with one attached hydrogen (secondary N) is 1. The Labute approximate surface area is 96.8 Å². The van der Waals surface area contributed by atoms with Gasteiger partial charge in [-0.1, -0.05) is 0 Å². The molecule has 0 bridgehead atoms. The SMILES string of the molecule is CCN(CC)C(=O)CNCC(C)(C)C(=O)O. The predicted molar refractivity (Wildman–Crippen MR) is 62.2 cm³/mol. The van der Waals surface area contributed by atoms with Gasteiger partial charge in [-0.3, -0.25) is 9.59 Å². The fourth-order valence-corrected chi connectivity index (χ4v) is 1.25. The molecule has 0 unspecified atom stereocenters. The highest BCUT2D eigenvalue weighted by molar-refractivity contribution is 5.78. The smallest absolute Gasteiger partial charge is 0.310 e. The van der Waals surface area contributed by atoms with E-state index in [1.807, 2.05) is 13.8 Å². The number of carboxylic acids is 1. The summed E-state index contributed by atoms with van der Waals surface area (Å²) >= 11 is 0. The van der Waals surface area contributed by atoms with E-state index in [0.29, 0.717) is 13.1 Å². The molecule has 0 rings (SSSR count). The summed E-state index contributed by atoms with van der Waals surface area (Å²) in [5.41, 5.74) is -0.844. The molecule has 0 atom stereocenters. The molecule has 16 heavy (non-hydrogen) atoms. The molecule has 0 aliphatic carbocycles. The summed E-state index contributed by atoms with van der Waals surface area (Å²) in [7, 11) is 0. The lowest BCUT2D eigenvalue weighted by atomic mass is 9.94. The number of aliphatic carboxylic acids is 1. The van der Waals surface area contributed by atoms with Crippen molar-refractivity contribution in [2.75, 3.05) is 26.2 Å². The molecule has 0 aromatic rings. The number of likely N-dealkylation sites (N-methyl/N-ethyl adjacent to an activating group) is 1. The summed E-state index contributed by atoms with van der Waals surface area (Å²) in [6.45, 7) is 8.94. The van der Waals surface area contributed by atoms with Crippen LogP contribution in [0.15, 0.2) is 0 Å². The predicted octanol–water partition coefficient (Wildman–Crippen LogP) is 0.555. The molecular formula is C11H22N2O3. The average Bonchev–Trinajstić information content (AvgIpc) is 2.19. The zero-order chi connectivity index (χ0) is 12.8. The highest BCUT2D eigenvalue weighted by Crippen LogP contribution is 2.12. The minimum Gasteiger partial charge on any atom is -0.481 e. The van der Waals surface area contributed by atoms with Crippen LogP contribution in [0, 0.1) is 5.41 Å². The van der Waals surface area contributed by atoms with E-state index in [2.05, 4.69) is 5.32 Å². The normalized spacial score (nSPS) is 11.2. The summed E-state index contributed by atoms with van der Waals surface area (Å²) in [5.74, 6) is -0.860. The van der Waals surface area contributed by atoms with Crippen LogP contribution in [0.4, 0.5) is 0 Å². The first-order valence-electron chi connectivity index (χ1n) is 5.57. The number of carbonyl (C=O) groups excluding carboxylic acids is 1. The van der Waals surface area contributed by atoms with Gasteiger partial charge < -0.3 is 15.3 Å². The zero-order valence-corrected chi connectivity index (χ0v) is 10.5. The summed E-state index contributed by atoms with van der Waals surface area (Å²) < 4.78 is 0. The first-order valence-corrected chi connectivity index (χ1v) is 5.57. The average molecular weight is 230 g/mol. The first kappa shape index (κ1) is 14.9. The minimum atomic E-state index is -0.865. The van der Waals surface area contributed by atoms with Gasteiger partial charge in [-0.25, -0.2) is 0 Å². The largest absolute Gasteiger partial charge is 0.481 e. The van der Waals surface area contributed by atoms with Crippen molar-refractivity contribution < 1.29 is 14.7 Å². The molecule has 1 amide bonds. The van der Waals surface area contributed by atoms with Gasteiger partial charge in [-0.15, -0.1) is 0 Å². The fourth-order valence-electron chi connectivity index (χ4n) is 1.25. The maximum atomic E-state index is 11.6. The summed E-state index contributed by atoms with van der Waals surface area (Å²) in [6, 6.07) is 0. The van der Waals surface area contributed by atoms with Gasteiger partial charge in [0.2, 0.25) is 5.91 Å². The van der Waals surface area contributed by atoms with Crippen LogP contribution in [0.25, 0.3) is 0 Å². The van der Waals surface area contributed by atoms with Crippen molar-refractivity contribution in [1.29, 1.82) is 0 Å². The van der Waals surface area contributed by atoms with Crippen LogP contribution in [0.3, 0.4) is 0 Å². The van der Waals surface area contributed by atoms with E-state index in [1.165, 1.54) is 0 Å². The van der Waals surface area contributed by atoms with Crippen LogP contribution < -0.4 is 5.32 Å². The number of hydrogen-bond donors (Lipinski definition) is 2. The molecule has 0 heterocycles. The van der Waals surface area contributed by atoms with E-state index in [0.717, 1.165) is 0 Å². The van der Waals surface area contributed by atoms with Gasteiger partial charge in [0.05, 0.1) is 12.0 Å². The van der Waals surface area contributed by atoms with E-state index in [1.54, 1.807) is 18.7 Å². The molecule has 2 N–H and O–H groups in total. The summed E-state index contributed by atoms with van der Waals surface area (Å²) in [4.78, 5) is 24.1. The molecule has 0 saturated heterocycles. The number of rotatable bonds is 7. The lowest BCUT2D eigenvalue weighted by Crippen LogP contribution is -2.42. The molecule has 0 radical (unpaired) electrons. The fraction of sp³-hybridized carbons (Fsp3) is 0.818. The molecule has 0 aromatic carbocycles. The molecule has 5 heteroatoms. The third-order valence-corrected chi connectivity index (χ3v) is 2.54. The Kier molecular flexibility index (Phi) is 6.03. The Hall–Kier alpha value is -1.10. The van der Waals surface area contributed by atoms with Crippen LogP contribution in [0.2, 0.25) is 0 Å². The molecule has 5 nitrogen and oxygen atoms in total. The van der Waals surface area contributed by atoms with E-state index < -0.39 is 11.4 Å². The van der Waals surface area contributed by atoms with Crippen LogP contribution >= 0.6 is 0 Å². The van der Waals surface area contributed by atoms with Crippen LogP contribution in [0.1, 0.15) is 27.7 Å². The number of hydrogen-bond acceptors (Lipinski definition) is 3. The van der Waals surface area contributed by atoms with E-state index in [-0.39, 0.29) is 19.0 Å². The van der Waals surface area contributed by atoms with Crippen molar-refractivity contribution >= 4 is 11.9 Å². The van der Waals surface area contributed by atoms with Gasteiger partial charge in [0.15, 0.2) is 0 Å². The molecular weight excluding hydrogens is 208 g/mol. The number of carboxylic acid groups (broad SMARTS) is 1. The minimum absolute atomic E-state index is 0.00573. The van der Waals surface area contributed by atoms with E-state index >= 15 is 0 Å². The molecule has 0 saturated carbocycles. The zero-order valence-electron chi connectivity index (χ0n) is 10.5. The topological polar surface area (TPSA) is 69.6 Å². The van der Waals surface area contributed by atoms with Crippen LogP contribution in [-0.2, 0) is 9.59 Å². The third kappa shape index (κ3) is 4.61. The molecule has 0 fully saturated rings. The summed E-state index contributed by atoms with van der Waals surface area (Å²) in [5, 5.41) is 11.8. The van der Waals surface area contributed by atoms with Gasteiger partial charge >= 0.3 is 5.97 Å². The van der Waals surface area contributed by atoms with Crippen LogP contribution in [-0.4, -0.2) is 48.1 Å². The molecule has 0 spiro atoms. The lowest BCUT2D eigenvalue weighted by Gasteiger charge is -2.22. The van der Waals surface area contributed by atoms with E-state index in [9.17, 15) is 9.59 Å². The van der Waals surface area contributed by atoms with Crippen LogP contribution in [0.5, 0.6) is 0 Å². The van der Waals surface area contributed by atoms with Crippen molar-refractivity contribution in [2.45, 2.75) is 27.7 Å². The second kappa shape index (κ2) is 6.48. The standard InChI is InChI=1S/C11H22N2O3/c1-5-13(6-2)9(14)7-12-8-11(3,4)10(15)16/h12H,5-8H2,1-4H3,(H,15,16). The molecule has 0 aromatic heterocycles. The molecule has 0 aliphatic heterocycles. The third-order valence-electron chi connectivity index (χ3n) is 2.54. The van der Waals surface area contributed by atoms with Gasteiger partial charge in [0.25, 0.3) is 0 Å². The lowest BCUT2D eigenvalue weighted by molar-refractivity contribution is -0.147. The van der Waals surface area contributed by atoms with Gasteiger partial charge in [-0.2, -0.15) is 0 Å². The van der Waals surface area contributed by atoms with Crippen molar-refractivity contribution in [1.82, 2.24) is 10.2 Å². The molecule has 0 aliphatic rings. The Morgan fingerprint density at radius 1 is 1.25 bits per heavy atom. The second-order valence-corrected chi connectivity index (χ2v) is 4.36. The highest BCUT2D eigenvalue weighted by atomic mass is 16.4. The Bertz CT molecular complexity index is 248. The first-order chi connectivity index (χ1) is 7.35. The van der Waals surface area contributed by atoms with E-state index in [4.69, 9.17) is 5.11 Å². The van der Waals surface area contributed by atoms with Crippen molar-refractivity contribution in [2.24, 2.45) is 5.41 Å². The Morgan fingerprint density at radius 2 is 1.75 bits per heavy atom. The van der Waals surface area contributed by atoms with Gasteiger partial charge in [0, 0.05) is 19.6 Å². The summed E-state index contributed by atoms with van der Waals surface area (Å²) in [6.07, 6.45) is 0. The Balaban J connectivity index is 3.99. The van der Waals surface area contributed by atoms with Crippen molar-refractivity contribution in [3.05, 3.63) is 0 Å².